The van der Waals surface area contributed by atoms with Gasteiger partial charge in [-0.1, -0.05) is 24.3 Å². The summed E-state index contributed by atoms with van der Waals surface area (Å²) in [6.07, 6.45) is 5.74. The van der Waals surface area contributed by atoms with Gasteiger partial charge in [0.2, 0.25) is 0 Å². The van der Waals surface area contributed by atoms with Crippen molar-refractivity contribution in [3.63, 3.8) is 0 Å². The van der Waals surface area contributed by atoms with Crippen LogP contribution in [0.15, 0.2) is 36.8 Å². The highest BCUT2D eigenvalue weighted by atomic mass is 16.5. The Labute approximate surface area is 124 Å². The van der Waals surface area contributed by atoms with Gasteiger partial charge in [-0.05, 0) is 25.3 Å². The van der Waals surface area contributed by atoms with Gasteiger partial charge in [0.15, 0.2) is 0 Å². The summed E-state index contributed by atoms with van der Waals surface area (Å²) in [5.74, 6) is 0.151. The third kappa shape index (κ3) is 1.86. The molecule has 0 saturated carbocycles. The Morgan fingerprint density at radius 2 is 2.24 bits per heavy atom. The van der Waals surface area contributed by atoms with Crippen molar-refractivity contribution in [2.75, 3.05) is 13.2 Å². The van der Waals surface area contributed by atoms with E-state index in [0.29, 0.717) is 6.61 Å². The molecule has 0 spiro atoms. The Balaban J connectivity index is 1.81. The molecule has 3 atom stereocenters. The lowest BCUT2D eigenvalue weighted by atomic mass is 9.77. The lowest BCUT2D eigenvalue weighted by molar-refractivity contribution is -0.0874. The van der Waals surface area contributed by atoms with Gasteiger partial charge in [-0.2, -0.15) is 0 Å². The van der Waals surface area contributed by atoms with Gasteiger partial charge in [0.1, 0.15) is 0 Å². The number of aromatic nitrogens is 2. The Morgan fingerprint density at radius 1 is 1.38 bits per heavy atom. The fourth-order valence-corrected chi connectivity index (χ4v) is 3.86. The first-order chi connectivity index (χ1) is 10.2. The number of aliphatic hydroxyl groups is 1. The fourth-order valence-electron chi connectivity index (χ4n) is 3.86. The van der Waals surface area contributed by atoms with Crippen LogP contribution >= 0.6 is 0 Å². The number of rotatable bonds is 2. The summed E-state index contributed by atoms with van der Waals surface area (Å²) >= 11 is 0. The van der Waals surface area contributed by atoms with Crippen LogP contribution in [0.1, 0.15) is 31.4 Å². The predicted octanol–water partition coefficient (Wildman–Crippen LogP) is 2.63. The normalized spacial score (nSPS) is 27.0. The van der Waals surface area contributed by atoms with E-state index in [9.17, 15) is 5.11 Å². The summed E-state index contributed by atoms with van der Waals surface area (Å²) in [4.78, 5) is 4.27. The highest BCUT2D eigenvalue weighted by molar-refractivity contribution is 5.69. The Hall–Kier alpha value is -1.65. The molecule has 2 aliphatic heterocycles. The molecule has 4 rings (SSSR count). The standard InChI is InChI=1S/C17H20N2O2/c1-17(20,12-5-4-8-21-10-12)16-14-7-3-2-6-13(14)15-9-18-11-19(15)16/h2-3,6-7,9,11-12,16,20H,4-5,8,10H2,1H3. The fraction of sp³-hybridized carbons (Fsp3) is 0.471. The average Bonchev–Trinajstić information content (AvgIpc) is 3.08. The SMILES string of the molecule is CC(O)(C1CCCOC1)C1c2ccccc2-c2cncn21. The summed E-state index contributed by atoms with van der Waals surface area (Å²) in [5.41, 5.74) is 2.61. The van der Waals surface area contributed by atoms with E-state index in [1.54, 1.807) is 0 Å². The van der Waals surface area contributed by atoms with E-state index in [-0.39, 0.29) is 12.0 Å². The first-order valence-corrected chi connectivity index (χ1v) is 7.61. The number of ether oxygens (including phenoxy) is 1. The zero-order valence-electron chi connectivity index (χ0n) is 12.2. The summed E-state index contributed by atoms with van der Waals surface area (Å²) in [6.45, 7) is 3.39. The number of fused-ring (bicyclic) bond motifs is 3. The topological polar surface area (TPSA) is 47.3 Å². The van der Waals surface area contributed by atoms with Crippen molar-refractivity contribution in [1.82, 2.24) is 9.55 Å². The molecule has 2 aromatic rings. The van der Waals surface area contributed by atoms with E-state index in [1.807, 2.05) is 31.6 Å². The van der Waals surface area contributed by atoms with Crippen LogP contribution in [0.3, 0.4) is 0 Å². The van der Waals surface area contributed by atoms with Crippen LogP contribution in [0, 0.1) is 5.92 Å². The summed E-state index contributed by atoms with van der Waals surface area (Å²) in [6, 6.07) is 8.22. The quantitative estimate of drug-likeness (QED) is 0.922. The molecule has 1 aromatic carbocycles. The second-order valence-electron chi connectivity index (χ2n) is 6.32. The average molecular weight is 284 g/mol. The molecule has 110 valence electrons. The van der Waals surface area contributed by atoms with Crippen LogP contribution in [-0.2, 0) is 4.74 Å². The second kappa shape index (κ2) is 4.68. The molecule has 21 heavy (non-hydrogen) atoms. The molecule has 3 heterocycles. The molecule has 1 saturated heterocycles. The van der Waals surface area contributed by atoms with E-state index in [4.69, 9.17) is 4.74 Å². The van der Waals surface area contributed by atoms with Gasteiger partial charge in [0.25, 0.3) is 0 Å². The number of hydrogen-bond acceptors (Lipinski definition) is 3. The van der Waals surface area contributed by atoms with Crippen molar-refractivity contribution in [3.05, 3.63) is 42.4 Å². The molecule has 0 amide bonds. The molecule has 0 bridgehead atoms. The molecule has 0 aliphatic carbocycles. The molecule has 1 aromatic heterocycles. The lowest BCUT2D eigenvalue weighted by Crippen LogP contribution is -2.46. The van der Waals surface area contributed by atoms with Crippen molar-refractivity contribution < 1.29 is 9.84 Å². The van der Waals surface area contributed by atoms with Gasteiger partial charge in [0.05, 0.1) is 36.5 Å². The summed E-state index contributed by atoms with van der Waals surface area (Å²) in [5, 5.41) is 11.3. The molecule has 3 unspecified atom stereocenters. The van der Waals surface area contributed by atoms with Crippen molar-refractivity contribution in [2.24, 2.45) is 5.92 Å². The molecule has 4 heteroatoms. The van der Waals surface area contributed by atoms with Gasteiger partial charge < -0.3 is 14.4 Å². The maximum Gasteiger partial charge on any atom is 0.0957 e. The number of nitrogens with zero attached hydrogens (tertiary/aromatic N) is 2. The van der Waals surface area contributed by atoms with E-state index in [2.05, 4.69) is 21.7 Å². The predicted molar refractivity (Wildman–Crippen MR) is 80.0 cm³/mol. The van der Waals surface area contributed by atoms with Crippen molar-refractivity contribution in [3.8, 4) is 11.3 Å². The molecule has 1 N–H and O–H groups in total. The van der Waals surface area contributed by atoms with E-state index >= 15 is 0 Å². The summed E-state index contributed by atoms with van der Waals surface area (Å²) in [7, 11) is 0. The maximum absolute atomic E-state index is 11.3. The number of hydrogen-bond donors (Lipinski definition) is 1. The third-order valence-corrected chi connectivity index (χ3v) is 5.02. The number of benzene rings is 1. The van der Waals surface area contributed by atoms with Crippen molar-refractivity contribution in [1.29, 1.82) is 0 Å². The van der Waals surface area contributed by atoms with E-state index in [0.717, 1.165) is 25.1 Å². The Morgan fingerprint density at radius 3 is 3.05 bits per heavy atom. The van der Waals surface area contributed by atoms with Crippen LogP contribution in [0.4, 0.5) is 0 Å². The van der Waals surface area contributed by atoms with Crippen LogP contribution in [-0.4, -0.2) is 33.5 Å². The van der Waals surface area contributed by atoms with Crippen molar-refractivity contribution in [2.45, 2.75) is 31.4 Å². The minimum Gasteiger partial charge on any atom is -0.387 e. The number of imidazole rings is 1. The van der Waals surface area contributed by atoms with Gasteiger partial charge >= 0.3 is 0 Å². The van der Waals surface area contributed by atoms with Gasteiger partial charge in [-0.15, -0.1) is 0 Å². The smallest absolute Gasteiger partial charge is 0.0957 e. The van der Waals surface area contributed by atoms with Crippen LogP contribution in [0.2, 0.25) is 0 Å². The first-order valence-electron chi connectivity index (χ1n) is 7.61. The molecule has 2 aliphatic rings. The van der Waals surface area contributed by atoms with Gasteiger partial charge in [-0.3, -0.25) is 0 Å². The minimum absolute atomic E-state index is 0.0853. The molecular weight excluding hydrogens is 264 g/mol. The molecule has 0 radical (unpaired) electrons. The van der Waals surface area contributed by atoms with E-state index in [1.165, 1.54) is 11.1 Å². The summed E-state index contributed by atoms with van der Waals surface area (Å²) < 4.78 is 7.71. The van der Waals surface area contributed by atoms with Gasteiger partial charge in [0, 0.05) is 18.1 Å². The Kier molecular flexibility index (Phi) is 2.91. The minimum atomic E-state index is -0.845. The second-order valence-corrected chi connectivity index (χ2v) is 6.32. The highest BCUT2D eigenvalue weighted by Crippen LogP contribution is 2.47. The van der Waals surface area contributed by atoms with Crippen LogP contribution in [0.5, 0.6) is 0 Å². The van der Waals surface area contributed by atoms with Crippen LogP contribution < -0.4 is 0 Å². The zero-order valence-corrected chi connectivity index (χ0v) is 12.2. The third-order valence-electron chi connectivity index (χ3n) is 5.02. The lowest BCUT2D eigenvalue weighted by Gasteiger charge is -2.40. The van der Waals surface area contributed by atoms with E-state index < -0.39 is 5.60 Å². The van der Waals surface area contributed by atoms with Crippen LogP contribution in [0.25, 0.3) is 11.3 Å². The maximum atomic E-state index is 11.3. The largest absolute Gasteiger partial charge is 0.387 e. The monoisotopic (exact) mass is 284 g/mol. The molecular formula is C17H20N2O2. The Bertz CT molecular complexity index is 656. The molecule has 1 fully saturated rings. The van der Waals surface area contributed by atoms with Gasteiger partial charge in [-0.25, -0.2) is 4.98 Å². The van der Waals surface area contributed by atoms with Crippen molar-refractivity contribution >= 4 is 0 Å². The first kappa shape index (κ1) is 13.0. The molecule has 4 nitrogen and oxygen atoms in total. The highest BCUT2D eigenvalue weighted by Gasteiger charge is 2.46. The zero-order chi connectivity index (χ0) is 14.4.